The van der Waals surface area contributed by atoms with Crippen LogP contribution in [0, 0.1) is 0 Å². The molecule has 0 saturated carbocycles. The fraction of sp³-hybridized carbons (Fsp3) is 0.179. The van der Waals surface area contributed by atoms with Gasteiger partial charge in [-0.1, -0.05) is 59.8 Å². The number of nitrogens with zero attached hydrogens (tertiary/aromatic N) is 3. The number of anilines is 2. The number of fused-ring (bicyclic) bond motifs is 1. The van der Waals surface area contributed by atoms with Crippen LogP contribution in [0.3, 0.4) is 0 Å². The largest absolute Gasteiger partial charge is 0.495 e. The van der Waals surface area contributed by atoms with Gasteiger partial charge >= 0.3 is 0 Å². The predicted molar refractivity (Wildman–Crippen MR) is 150 cm³/mol. The third-order valence-electron chi connectivity index (χ3n) is 6.13. The van der Waals surface area contributed by atoms with Gasteiger partial charge in [0.15, 0.2) is 0 Å². The molecule has 0 fully saturated rings. The smallest absolute Gasteiger partial charge is 0.255 e. The normalized spacial score (nSPS) is 14.5. The molecule has 1 aliphatic rings. The quantitative estimate of drug-likeness (QED) is 0.255. The Kier molecular flexibility index (Phi) is 7.57. The maximum atomic E-state index is 13.7. The van der Waals surface area contributed by atoms with E-state index in [1.807, 2.05) is 73.8 Å². The molecule has 0 saturated heterocycles. The van der Waals surface area contributed by atoms with E-state index in [-0.39, 0.29) is 5.91 Å². The summed E-state index contributed by atoms with van der Waals surface area (Å²) in [5, 5.41) is 12.2. The summed E-state index contributed by atoms with van der Waals surface area (Å²) in [6.07, 6.45) is 1.92. The average molecular weight is 548 g/mol. The van der Waals surface area contributed by atoms with E-state index in [2.05, 4.69) is 20.7 Å². The second kappa shape index (κ2) is 11.2. The number of aromatic nitrogens is 3. The second-order valence-electron chi connectivity index (χ2n) is 8.57. The van der Waals surface area contributed by atoms with Crippen molar-refractivity contribution >= 4 is 40.9 Å². The van der Waals surface area contributed by atoms with Gasteiger partial charge < -0.3 is 20.1 Å². The van der Waals surface area contributed by atoms with E-state index in [1.165, 1.54) is 11.8 Å². The van der Waals surface area contributed by atoms with Gasteiger partial charge in [-0.3, -0.25) is 4.79 Å². The first-order chi connectivity index (χ1) is 18.5. The molecule has 194 valence electrons. The van der Waals surface area contributed by atoms with Crippen molar-refractivity contribution in [2.24, 2.45) is 0 Å². The number of methoxy groups -OCH3 is 1. The molecule has 0 bridgehead atoms. The zero-order valence-electron chi connectivity index (χ0n) is 21.1. The fourth-order valence-electron chi connectivity index (χ4n) is 4.25. The highest BCUT2D eigenvalue weighted by atomic mass is 35.5. The van der Waals surface area contributed by atoms with Crippen LogP contribution < -0.4 is 20.1 Å². The number of carbonyl (C=O) groups is 1. The number of nitrogens with one attached hydrogen (secondary N) is 2. The van der Waals surface area contributed by atoms with Crippen molar-refractivity contribution in [3.63, 3.8) is 0 Å². The number of amides is 1. The number of halogens is 1. The minimum atomic E-state index is -0.500. The maximum absolute atomic E-state index is 13.7. The van der Waals surface area contributed by atoms with Crippen LogP contribution in [0.25, 0.3) is 0 Å². The molecular formula is C28H26ClN5O3S. The Balaban J connectivity index is 1.45. The van der Waals surface area contributed by atoms with Crippen molar-refractivity contribution in [3.8, 4) is 11.5 Å². The Morgan fingerprint density at radius 1 is 1.11 bits per heavy atom. The van der Waals surface area contributed by atoms with Crippen molar-refractivity contribution in [2.75, 3.05) is 24.0 Å². The highest BCUT2D eigenvalue weighted by Crippen LogP contribution is 2.37. The van der Waals surface area contributed by atoms with Gasteiger partial charge in [-0.15, -0.1) is 5.10 Å². The minimum Gasteiger partial charge on any atom is -0.495 e. The van der Waals surface area contributed by atoms with Crippen molar-refractivity contribution in [1.29, 1.82) is 0 Å². The summed E-state index contributed by atoms with van der Waals surface area (Å²) in [4.78, 5) is 18.3. The SMILES string of the molecule is COc1ccccc1NC(=O)C1=C(C)Nc2nc(SC)nn2C1c1ccc(OCc2ccc(Cl)cc2)cc1. The standard InChI is InChI=1S/C28H26ClN5O3S/c1-17-24(26(35)31-22-6-4-5-7-23(22)36-2)25(34-27(30-17)32-28(33-34)38-3)19-10-14-21(15-11-19)37-16-18-8-12-20(29)13-9-18/h4-15,25H,16H2,1-3H3,(H,31,35)(H,30,32,33). The van der Waals surface area contributed by atoms with E-state index < -0.39 is 6.04 Å². The lowest BCUT2D eigenvalue weighted by molar-refractivity contribution is -0.113. The van der Waals surface area contributed by atoms with Crippen molar-refractivity contribution < 1.29 is 14.3 Å². The molecule has 0 aliphatic carbocycles. The Bertz CT molecular complexity index is 1490. The highest BCUT2D eigenvalue weighted by molar-refractivity contribution is 7.98. The molecule has 0 spiro atoms. The van der Waals surface area contributed by atoms with Gasteiger partial charge in [0.1, 0.15) is 24.1 Å². The number of rotatable bonds is 8. The molecule has 4 aromatic rings. The number of para-hydroxylation sites is 2. The molecule has 1 unspecified atom stereocenters. The maximum Gasteiger partial charge on any atom is 0.255 e. The average Bonchev–Trinajstić information content (AvgIpc) is 3.35. The summed E-state index contributed by atoms with van der Waals surface area (Å²) in [6.45, 7) is 2.28. The van der Waals surface area contributed by atoms with Crippen LogP contribution in [0.2, 0.25) is 5.02 Å². The van der Waals surface area contributed by atoms with Crippen molar-refractivity contribution in [1.82, 2.24) is 14.8 Å². The van der Waals surface area contributed by atoms with Gasteiger partial charge in [-0.25, -0.2) is 4.68 Å². The first-order valence-corrected chi connectivity index (χ1v) is 13.5. The Morgan fingerprint density at radius 3 is 2.55 bits per heavy atom. The highest BCUT2D eigenvalue weighted by Gasteiger charge is 2.34. The molecule has 8 nitrogen and oxygen atoms in total. The molecule has 2 N–H and O–H groups in total. The van der Waals surface area contributed by atoms with Gasteiger partial charge in [0.25, 0.3) is 5.91 Å². The summed E-state index contributed by atoms with van der Waals surface area (Å²) < 4.78 is 13.1. The molecular weight excluding hydrogens is 522 g/mol. The molecule has 5 rings (SSSR count). The molecule has 3 aromatic carbocycles. The Hall–Kier alpha value is -3.95. The molecule has 1 amide bonds. The van der Waals surface area contributed by atoms with Gasteiger partial charge in [0.2, 0.25) is 11.1 Å². The number of hydrogen-bond donors (Lipinski definition) is 2. The Morgan fingerprint density at radius 2 is 1.84 bits per heavy atom. The van der Waals surface area contributed by atoms with Gasteiger partial charge in [0.05, 0.1) is 18.4 Å². The van der Waals surface area contributed by atoms with E-state index >= 15 is 0 Å². The topological polar surface area (TPSA) is 90.3 Å². The molecule has 10 heteroatoms. The van der Waals surface area contributed by atoms with Gasteiger partial charge in [-0.2, -0.15) is 4.98 Å². The van der Waals surface area contributed by atoms with Crippen LogP contribution in [0.1, 0.15) is 24.1 Å². The van der Waals surface area contributed by atoms with Crippen LogP contribution in [0.15, 0.2) is 89.2 Å². The minimum absolute atomic E-state index is 0.264. The third kappa shape index (κ3) is 5.34. The third-order valence-corrected chi connectivity index (χ3v) is 6.92. The van der Waals surface area contributed by atoms with E-state index in [0.29, 0.717) is 51.2 Å². The molecule has 0 radical (unpaired) electrons. The number of benzene rings is 3. The molecule has 1 atom stereocenters. The summed E-state index contributed by atoms with van der Waals surface area (Å²) in [5.74, 6) is 1.60. The summed E-state index contributed by atoms with van der Waals surface area (Å²) in [6, 6.07) is 22.0. The van der Waals surface area contributed by atoms with Crippen LogP contribution >= 0.6 is 23.4 Å². The van der Waals surface area contributed by atoms with Crippen molar-refractivity contribution in [2.45, 2.75) is 24.7 Å². The zero-order chi connectivity index (χ0) is 26.6. The second-order valence-corrected chi connectivity index (χ2v) is 9.78. The van der Waals surface area contributed by atoms with Crippen LogP contribution in [-0.2, 0) is 11.4 Å². The number of thioether (sulfide) groups is 1. The lowest BCUT2D eigenvalue weighted by atomic mass is 9.95. The van der Waals surface area contributed by atoms with E-state index in [9.17, 15) is 4.79 Å². The van der Waals surface area contributed by atoms with Crippen LogP contribution in [0.4, 0.5) is 11.6 Å². The first kappa shape index (κ1) is 25.7. The lowest BCUT2D eigenvalue weighted by Gasteiger charge is -2.29. The molecule has 2 heterocycles. The number of carbonyl (C=O) groups excluding carboxylic acids is 1. The van der Waals surface area contributed by atoms with Gasteiger partial charge in [0, 0.05) is 10.7 Å². The lowest BCUT2D eigenvalue weighted by Crippen LogP contribution is -2.31. The summed E-state index contributed by atoms with van der Waals surface area (Å²) in [7, 11) is 1.57. The molecule has 1 aliphatic heterocycles. The summed E-state index contributed by atoms with van der Waals surface area (Å²) >= 11 is 7.41. The van der Waals surface area contributed by atoms with Gasteiger partial charge in [-0.05, 0) is 60.7 Å². The monoisotopic (exact) mass is 547 g/mol. The summed E-state index contributed by atoms with van der Waals surface area (Å²) in [5.41, 5.74) is 3.68. The molecule has 1 aromatic heterocycles. The fourth-order valence-corrected chi connectivity index (χ4v) is 4.72. The van der Waals surface area contributed by atoms with Crippen LogP contribution in [-0.4, -0.2) is 34.0 Å². The van der Waals surface area contributed by atoms with E-state index in [1.54, 1.807) is 23.9 Å². The number of allylic oxidation sites excluding steroid dienone is 1. The van der Waals surface area contributed by atoms with Crippen LogP contribution in [0.5, 0.6) is 11.5 Å². The Labute approximate surface area is 230 Å². The van der Waals surface area contributed by atoms with Crippen molar-refractivity contribution in [3.05, 3.63) is 100 Å². The van der Waals surface area contributed by atoms with E-state index in [0.717, 1.165) is 11.1 Å². The first-order valence-electron chi connectivity index (χ1n) is 11.9. The number of ether oxygens (including phenoxy) is 2. The molecule has 38 heavy (non-hydrogen) atoms. The predicted octanol–water partition coefficient (Wildman–Crippen LogP) is 6.17. The van der Waals surface area contributed by atoms with E-state index in [4.69, 9.17) is 21.1 Å². The number of hydrogen-bond acceptors (Lipinski definition) is 7. The zero-order valence-corrected chi connectivity index (χ0v) is 22.6.